The maximum atomic E-state index is 6.26. The Labute approximate surface area is 124 Å². The molecule has 1 aromatic carbocycles. The molecule has 0 bridgehead atoms. The van der Waals surface area contributed by atoms with E-state index in [-0.39, 0.29) is 6.04 Å². The van der Waals surface area contributed by atoms with Crippen LogP contribution in [0.5, 0.6) is 5.75 Å². The fourth-order valence-electron chi connectivity index (χ4n) is 2.29. The molecular formula is C17H21NOS. The van der Waals surface area contributed by atoms with Gasteiger partial charge in [0.05, 0.1) is 6.10 Å². The van der Waals surface area contributed by atoms with E-state index in [0.717, 1.165) is 25.0 Å². The van der Waals surface area contributed by atoms with Gasteiger partial charge in [0.25, 0.3) is 0 Å². The van der Waals surface area contributed by atoms with Gasteiger partial charge in [-0.3, -0.25) is 0 Å². The number of benzene rings is 1. The van der Waals surface area contributed by atoms with Crippen LogP contribution in [0.15, 0.2) is 41.8 Å². The number of hydrogen-bond acceptors (Lipinski definition) is 3. The molecule has 1 aliphatic carbocycles. The SMILES string of the molecule is NC(CCCc1cccs1)c1ccc(OC2CC2)cc1. The molecule has 2 N–H and O–H groups in total. The van der Waals surface area contributed by atoms with E-state index in [1.54, 1.807) is 0 Å². The predicted molar refractivity (Wildman–Crippen MR) is 84.3 cm³/mol. The summed E-state index contributed by atoms with van der Waals surface area (Å²) >= 11 is 1.83. The van der Waals surface area contributed by atoms with Crippen LogP contribution in [0.2, 0.25) is 0 Å². The standard InChI is InChI=1S/C17H21NOS/c18-17(5-1-3-16-4-2-12-20-16)13-6-8-14(9-7-13)19-15-10-11-15/h2,4,6-9,12,15,17H,1,3,5,10-11,18H2. The molecule has 1 fully saturated rings. The van der Waals surface area contributed by atoms with Crippen molar-refractivity contribution in [3.8, 4) is 5.75 Å². The van der Waals surface area contributed by atoms with Crippen molar-refractivity contribution in [1.82, 2.24) is 0 Å². The van der Waals surface area contributed by atoms with Crippen molar-refractivity contribution < 1.29 is 4.74 Å². The molecule has 1 aliphatic rings. The highest BCUT2D eigenvalue weighted by Gasteiger charge is 2.23. The number of thiophene rings is 1. The van der Waals surface area contributed by atoms with E-state index in [2.05, 4.69) is 29.6 Å². The Morgan fingerprint density at radius 1 is 1.20 bits per heavy atom. The van der Waals surface area contributed by atoms with Crippen LogP contribution in [0.1, 0.15) is 42.2 Å². The van der Waals surface area contributed by atoms with Gasteiger partial charge in [0.2, 0.25) is 0 Å². The zero-order chi connectivity index (χ0) is 13.8. The number of ether oxygens (including phenoxy) is 1. The van der Waals surface area contributed by atoms with E-state index in [1.165, 1.54) is 23.3 Å². The molecule has 0 amide bonds. The second-order valence-electron chi connectivity index (χ2n) is 5.46. The molecule has 3 heteroatoms. The summed E-state index contributed by atoms with van der Waals surface area (Å²) in [6.45, 7) is 0. The molecule has 1 unspecified atom stereocenters. The molecule has 2 nitrogen and oxygen atoms in total. The van der Waals surface area contributed by atoms with Crippen molar-refractivity contribution in [1.29, 1.82) is 0 Å². The molecule has 20 heavy (non-hydrogen) atoms. The maximum absolute atomic E-state index is 6.26. The molecule has 0 spiro atoms. The summed E-state index contributed by atoms with van der Waals surface area (Å²) in [5.74, 6) is 0.974. The summed E-state index contributed by atoms with van der Waals surface area (Å²) in [7, 11) is 0. The third kappa shape index (κ3) is 3.84. The molecule has 1 atom stereocenters. The van der Waals surface area contributed by atoms with Crippen LogP contribution in [0.25, 0.3) is 0 Å². The fourth-order valence-corrected chi connectivity index (χ4v) is 3.04. The van der Waals surface area contributed by atoms with Crippen LogP contribution in [0.4, 0.5) is 0 Å². The first-order chi connectivity index (χ1) is 9.81. The molecule has 3 rings (SSSR count). The summed E-state index contributed by atoms with van der Waals surface area (Å²) in [5, 5.41) is 2.13. The van der Waals surface area contributed by atoms with Gasteiger partial charge in [-0.25, -0.2) is 0 Å². The predicted octanol–water partition coefficient (Wildman–Crippen LogP) is 4.31. The average Bonchev–Trinajstić information content (AvgIpc) is 3.12. The van der Waals surface area contributed by atoms with Crippen molar-refractivity contribution in [2.24, 2.45) is 5.73 Å². The Morgan fingerprint density at radius 3 is 2.65 bits per heavy atom. The van der Waals surface area contributed by atoms with Gasteiger partial charge in [0.15, 0.2) is 0 Å². The first-order valence-electron chi connectivity index (χ1n) is 7.36. The van der Waals surface area contributed by atoms with Crippen LogP contribution in [0.3, 0.4) is 0 Å². The Bertz CT molecular complexity index is 516. The van der Waals surface area contributed by atoms with Gasteiger partial charge >= 0.3 is 0 Å². The summed E-state index contributed by atoms with van der Waals surface area (Å²) in [4.78, 5) is 1.45. The molecule has 0 aliphatic heterocycles. The maximum Gasteiger partial charge on any atom is 0.119 e. The lowest BCUT2D eigenvalue weighted by molar-refractivity contribution is 0.303. The highest BCUT2D eigenvalue weighted by atomic mass is 32.1. The zero-order valence-electron chi connectivity index (χ0n) is 11.6. The van der Waals surface area contributed by atoms with Crippen LogP contribution in [0, 0.1) is 0 Å². The number of hydrogen-bond donors (Lipinski definition) is 1. The van der Waals surface area contributed by atoms with Gasteiger partial charge in [-0.05, 0) is 61.2 Å². The minimum absolute atomic E-state index is 0.130. The van der Waals surface area contributed by atoms with Gasteiger partial charge in [-0.2, -0.15) is 0 Å². The monoisotopic (exact) mass is 287 g/mol. The zero-order valence-corrected chi connectivity index (χ0v) is 12.4. The summed E-state index contributed by atoms with van der Waals surface area (Å²) in [6, 6.07) is 12.7. The van der Waals surface area contributed by atoms with Crippen LogP contribution in [-0.4, -0.2) is 6.10 Å². The molecule has 2 aromatic rings. The van der Waals surface area contributed by atoms with Gasteiger partial charge in [-0.15, -0.1) is 11.3 Å². The van der Waals surface area contributed by atoms with Crippen molar-refractivity contribution in [3.63, 3.8) is 0 Å². The minimum atomic E-state index is 0.130. The Hall–Kier alpha value is -1.32. The highest BCUT2D eigenvalue weighted by molar-refractivity contribution is 7.09. The van der Waals surface area contributed by atoms with Gasteiger partial charge in [-0.1, -0.05) is 18.2 Å². The lowest BCUT2D eigenvalue weighted by Crippen LogP contribution is -2.10. The Morgan fingerprint density at radius 2 is 2.00 bits per heavy atom. The quantitative estimate of drug-likeness (QED) is 0.823. The van der Waals surface area contributed by atoms with Crippen LogP contribution < -0.4 is 10.5 Å². The number of rotatable bonds is 7. The van der Waals surface area contributed by atoms with E-state index in [9.17, 15) is 0 Å². The molecular weight excluding hydrogens is 266 g/mol. The highest BCUT2D eigenvalue weighted by Crippen LogP contribution is 2.28. The summed E-state index contributed by atoms with van der Waals surface area (Å²) < 4.78 is 5.75. The van der Waals surface area contributed by atoms with Gasteiger partial charge in [0.1, 0.15) is 5.75 Å². The van der Waals surface area contributed by atoms with Crippen LogP contribution in [-0.2, 0) is 6.42 Å². The van der Waals surface area contributed by atoms with Crippen molar-refractivity contribution in [2.45, 2.75) is 44.2 Å². The first kappa shape index (κ1) is 13.7. The largest absolute Gasteiger partial charge is 0.490 e. The molecule has 0 saturated heterocycles. The summed E-state index contributed by atoms with van der Waals surface area (Å²) in [5.41, 5.74) is 7.47. The van der Waals surface area contributed by atoms with Gasteiger partial charge < -0.3 is 10.5 Å². The average molecular weight is 287 g/mol. The molecule has 1 saturated carbocycles. The van der Waals surface area contributed by atoms with Crippen molar-refractivity contribution in [3.05, 3.63) is 52.2 Å². The van der Waals surface area contributed by atoms with Gasteiger partial charge in [0, 0.05) is 10.9 Å². The van der Waals surface area contributed by atoms with Crippen molar-refractivity contribution >= 4 is 11.3 Å². The Kier molecular flexibility index (Phi) is 4.38. The van der Waals surface area contributed by atoms with E-state index in [4.69, 9.17) is 10.5 Å². The van der Waals surface area contributed by atoms with E-state index in [0.29, 0.717) is 6.10 Å². The lowest BCUT2D eigenvalue weighted by Gasteiger charge is -2.12. The van der Waals surface area contributed by atoms with E-state index < -0.39 is 0 Å². The number of aryl methyl sites for hydroxylation is 1. The van der Waals surface area contributed by atoms with Crippen LogP contribution >= 0.6 is 11.3 Å². The topological polar surface area (TPSA) is 35.2 Å². The third-order valence-corrected chi connectivity index (χ3v) is 4.59. The second kappa shape index (κ2) is 6.42. The third-order valence-electron chi connectivity index (χ3n) is 3.65. The summed E-state index contributed by atoms with van der Waals surface area (Å²) in [6.07, 6.45) is 6.16. The smallest absolute Gasteiger partial charge is 0.119 e. The fraction of sp³-hybridized carbons (Fsp3) is 0.412. The second-order valence-corrected chi connectivity index (χ2v) is 6.50. The molecule has 1 heterocycles. The van der Waals surface area contributed by atoms with E-state index in [1.807, 2.05) is 23.5 Å². The molecule has 106 valence electrons. The normalized spacial score (nSPS) is 16.1. The lowest BCUT2D eigenvalue weighted by atomic mass is 10.0. The molecule has 1 aromatic heterocycles. The first-order valence-corrected chi connectivity index (χ1v) is 8.24. The van der Waals surface area contributed by atoms with Crippen molar-refractivity contribution in [2.75, 3.05) is 0 Å². The molecule has 0 radical (unpaired) electrons. The van der Waals surface area contributed by atoms with E-state index >= 15 is 0 Å². The number of nitrogens with two attached hydrogens (primary N) is 1. The minimum Gasteiger partial charge on any atom is -0.490 e. The Balaban J connectivity index is 1.47.